The molecule has 0 radical (unpaired) electrons. The number of carbonyl (C=O) groups is 2. The van der Waals surface area contributed by atoms with Crippen LogP contribution in [0.4, 0.5) is 17.1 Å². The van der Waals surface area contributed by atoms with Crippen LogP contribution in [0.1, 0.15) is 19.4 Å². The molecule has 3 aromatic carbocycles. The molecule has 2 N–H and O–H groups in total. The van der Waals surface area contributed by atoms with Gasteiger partial charge in [-0.25, -0.2) is 0 Å². The Morgan fingerprint density at radius 1 is 0.759 bits per heavy atom. The average Bonchev–Trinajstić information content (AvgIpc) is 2.74. The Labute approximate surface area is 171 Å². The molecule has 0 aromatic heterocycles. The minimum Gasteiger partial charge on any atom is -0.399 e. The Hall–Kier alpha value is -3.60. The van der Waals surface area contributed by atoms with Gasteiger partial charge in [0.05, 0.1) is 0 Å². The van der Waals surface area contributed by atoms with E-state index < -0.39 is 11.8 Å². The Balaban J connectivity index is 1.95. The first-order valence-corrected chi connectivity index (χ1v) is 9.57. The zero-order valence-electron chi connectivity index (χ0n) is 16.7. The lowest BCUT2D eigenvalue weighted by atomic mass is 10.1. The summed E-state index contributed by atoms with van der Waals surface area (Å²) in [6.45, 7) is 4.18. The molecule has 0 saturated carbocycles. The number of nitrogens with zero attached hydrogens (tertiary/aromatic N) is 2. The van der Waals surface area contributed by atoms with E-state index in [4.69, 9.17) is 5.73 Å². The SMILES string of the molecule is CC(C)N(Cc1ccccc1)C(=O)C(=O)N(c1ccccc1)c1ccc(N)cc1. The summed E-state index contributed by atoms with van der Waals surface area (Å²) in [5.74, 6) is -1.16. The van der Waals surface area contributed by atoms with Crippen LogP contribution in [0.5, 0.6) is 0 Å². The van der Waals surface area contributed by atoms with Crippen LogP contribution in [0.3, 0.4) is 0 Å². The van der Waals surface area contributed by atoms with E-state index in [1.807, 2.05) is 62.4 Å². The molecular weight excluding hydrogens is 362 g/mol. The molecule has 0 aliphatic carbocycles. The smallest absolute Gasteiger partial charge is 0.321 e. The lowest BCUT2D eigenvalue weighted by Gasteiger charge is -2.30. The molecule has 5 nitrogen and oxygen atoms in total. The highest BCUT2D eigenvalue weighted by atomic mass is 16.2. The van der Waals surface area contributed by atoms with E-state index in [-0.39, 0.29) is 6.04 Å². The Morgan fingerprint density at radius 2 is 1.28 bits per heavy atom. The molecule has 29 heavy (non-hydrogen) atoms. The van der Waals surface area contributed by atoms with Crippen molar-refractivity contribution in [3.8, 4) is 0 Å². The number of benzene rings is 3. The van der Waals surface area contributed by atoms with Crippen molar-refractivity contribution in [3.05, 3.63) is 90.5 Å². The van der Waals surface area contributed by atoms with Crippen LogP contribution in [-0.4, -0.2) is 22.8 Å². The molecule has 0 heterocycles. The van der Waals surface area contributed by atoms with Gasteiger partial charge >= 0.3 is 11.8 Å². The number of hydrogen-bond donors (Lipinski definition) is 1. The summed E-state index contributed by atoms with van der Waals surface area (Å²) >= 11 is 0. The van der Waals surface area contributed by atoms with Crippen molar-refractivity contribution >= 4 is 28.9 Å². The fraction of sp³-hybridized carbons (Fsp3) is 0.167. The lowest BCUT2D eigenvalue weighted by molar-refractivity contribution is -0.145. The van der Waals surface area contributed by atoms with Crippen LogP contribution < -0.4 is 10.6 Å². The summed E-state index contributed by atoms with van der Waals surface area (Å²) in [6, 6.07) is 25.6. The van der Waals surface area contributed by atoms with Gasteiger partial charge in [-0.15, -0.1) is 0 Å². The van der Waals surface area contributed by atoms with Crippen LogP contribution in [0.25, 0.3) is 0 Å². The highest BCUT2D eigenvalue weighted by Gasteiger charge is 2.30. The minimum absolute atomic E-state index is 0.129. The predicted molar refractivity (Wildman–Crippen MR) is 117 cm³/mol. The van der Waals surface area contributed by atoms with Gasteiger partial charge in [0, 0.05) is 29.6 Å². The summed E-state index contributed by atoms with van der Waals surface area (Å²) in [5, 5.41) is 0. The van der Waals surface area contributed by atoms with Crippen molar-refractivity contribution in [1.82, 2.24) is 4.90 Å². The molecule has 5 heteroatoms. The van der Waals surface area contributed by atoms with Crippen LogP contribution in [0.2, 0.25) is 0 Å². The third-order valence-corrected chi connectivity index (χ3v) is 4.63. The van der Waals surface area contributed by atoms with Gasteiger partial charge in [-0.3, -0.25) is 14.5 Å². The molecule has 2 amide bonds. The second kappa shape index (κ2) is 9.06. The van der Waals surface area contributed by atoms with Gasteiger partial charge in [0.15, 0.2) is 0 Å². The van der Waals surface area contributed by atoms with Gasteiger partial charge in [0.2, 0.25) is 0 Å². The first kappa shape index (κ1) is 20.1. The fourth-order valence-electron chi connectivity index (χ4n) is 3.07. The minimum atomic E-state index is -0.606. The monoisotopic (exact) mass is 387 g/mol. The number of amides is 2. The van der Waals surface area contributed by atoms with Crippen LogP contribution >= 0.6 is 0 Å². The standard InChI is InChI=1S/C24H25N3O2/c1-18(2)26(17-19-9-5-3-6-10-19)23(28)24(29)27(21-11-7-4-8-12-21)22-15-13-20(25)14-16-22/h3-16,18H,17,25H2,1-2H3. The highest BCUT2D eigenvalue weighted by molar-refractivity contribution is 6.42. The fourth-order valence-corrected chi connectivity index (χ4v) is 3.07. The normalized spacial score (nSPS) is 10.6. The number of carbonyl (C=O) groups excluding carboxylic acids is 2. The van der Waals surface area contributed by atoms with Crippen LogP contribution in [0, 0.1) is 0 Å². The number of nitrogen functional groups attached to an aromatic ring is 1. The molecule has 0 bridgehead atoms. The van der Waals surface area contributed by atoms with Crippen molar-refractivity contribution in [2.75, 3.05) is 10.6 Å². The number of anilines is 3. The Bertz CT molecular complexity index is 954. The second-order valence-corrected chi connectivity index (χ2v) is 7.08. The number of hydrogen-bond acceptors (Lipinski definition) is 3. The molecule has 0 aliphatic rings. The molecular formula is C24H25N3O2. The van der Waals surface area contributed by atoms with Crippen LogP contribution in [-0.2, 0) is 16.1 Å². The molecule has 0 aliphatic heterocycles. The summed E-state index contributed by atoms with van der Waals surface area (Å²) in [5.41, 5.74) is 8.58. The number of para-hydroxylation sites is 1. The van der Waals surface area contributed by atoms with Gasteiger partial charge < -0.3 is 10.6 Å². The first-order chi connectivity index (χ1) is 14.0. The van der Waals surface area contributed by atoms with E-state index in [1.165, 1.54) is 4.90 Å². The molecule has 3 rings (SSSR count). The Morgan fingerprint density at radius 3 is 1.83 bits per heavy atom. The maximum absolute atomic E-state index is 13.4. The van der Waals surface area contributed by atoms with E-state index in [2.05, 4.69) is 0 Å². The van der Waals surface area contributed by atoms with Gasteiger partial charge in [0.25, 0.3) is 0 Å². The van der Waals surface area contributed by atoms with Crippen molar-refractivity contribution < 1.29 is 9.59 Å². The molecule has 0 fully saturated rings. The zero-order chi connectivity index (χ0) is 20.8. The molecule has 0 atom stereocenters. The van der Waals surface area contributed by atoms with Crippen LogP contribution in [0.15, 0.2) is 84.9 Å². The van der Waals surface area contributed by atoms with E-state index in [1.54, 1.807) is 41.3 Å². The van der Waals surface area contributed by atoms with E-state index in [0.717, 1.165) is 5.56 Å². The molecule has 0 spiro atoms. The maximum atomic E-state index is 13.4. The summed E-state index contributed by atoms with van der Waals surface area (Å²) < 4.78 is 0. The van der Waals surface area contributed by atoms with Crippen molar-refractivity contribution in [2.24, 2.45) is 0 Å². The first-order valence-electron chi connectivity index (χ1n) is 9.57. The third-order valence-electron chi connectivity index (χ3n) is 4.63. The van der Waals surface area contributed by atoms with E-state index >= 15 is 0 Å². The van der Waals surface area contributed by atoms with Crippen molar-refractivity contribution in [2.45, 2.75) is 26.4 Å². The third kappa shape index (κ3) is 4.82. The number of nitrogens with two attached hydrogens (primary N) is 1. The highest BCUT2D eigenvalue weighted by Crippen LogP contribution is 2.27. The van der Waals surface area contributed by atoms with E-state index in [9.17, 15) is 9.59 Å². The average molecular weight is 387 g/mol. The van der Waals surface area contributed by atoms with Gasteiger partial charge in [0.1, 0.15) is 0 Å². The molecule has 0 saturated heterocycles. The van der Waals surface area contributed by atoms with Gasteiger partial charge in [-0.05, 0) is 55.8 Å². The molecule has 148 valence electrons. The largest absolute Gasteiger partial charge is 0.399 e. The summed E-state index contributed by atoms with van der Waals surface area (Å²) in [7, 11) is 0. The summed E-state index contributed by atoms with van der Waals surface area (Å²) in [6.07, 6.45) is 0. The number of rotatable bonds is 5. The Kier molecular flexibility index (Phi) is 6.29. The molecule has 0 unspecified atom stereocenters. The van der Waals surface area contributed by atoms with Gasteiger partial charge in [-0.2, -0.15) is 0 Å². The quantitative estimate of drug-likeness (QED) is 0.522. The second-order valence-electron chi connectivity index (χ2n) is 7.08. The maximum Gasteiger partial charge on any atom is 0.321 e. The van der Waals surface area contributed by atoms with Crippen molar-refractivity contribution in [3.63, 3.8) is 0 Å². The predicted octanol–water partition coefficient (Wildman–Crippen LogP) is 4.37. The van der Waals surface area contributed by atoms with Gasteiger partial charge in [-0.1, -0.05) is 48.5 Å². The lowest BCUT2D eigenvalue weighted by Crippen LogP contribution is -2.46. The zero-order valence-corrected chi connectivity index (χ0v) is 16.7. The van der Waals surface area contributed by atoms with E-state index in [0.29, 0.717) is 23.6 Å². The summed E-state index contributed by atoms with van der Waals surface area (Å²) in [4.78, 5) is 29.6. The van der Waals surface area contributed by atoms with Crippen molar-refractivity contribution in [1.29, 1.82) is 0 Å². The molecule has 3 aromatic rings. The topological polar surface area (TPSA) is 66.6 Å².